The van der Waals surface area contributed by atoms with Crippen LogP contribution in [-0.2, 0) is 6.54 Å². The van der Waals surface area contributed by atoms with Crippen LogP contribution >= 0.6 is 22.9 Å². The first kappa shape index (κ1) is 25.2. The maximum absolute atomic E-state index is 13.4. The van der Waals surface area contributed by atoms with E-state index in [1.807, 2.05) is 60.4 Å². The molecule has 2 aromatic heterocycles. The quantitative estimate of drug-likeness (QED) is 0.327. The van der Waals surface area contributed by atoms with Gasteiger partial charge in [-0.15, -0.1) is 11.3 Å². The second kappa shape index (κ2) is 10.9. The molecule has 0 saturated carbocycles. The minimum Gasteiger partial charge on any atom is -0.360 e. The molecule has 5 rings (SSSR count). The van der Waals surface area contributed by atoms with Crippen LogP contribution in [0.2, 0.25) is 5.02 Å². The Bertz CT molecular complexity index is 1420. The maximum Gasteiger partial charge on any atom is 0.271 e. The van der Waals surface area contributed by atoms with Crippen LogP contribution < -0.4 is 5.32 Å². The highest BCUT2D eigenvalue weighted by Crippen LogP contribution is 2.33. The molecule has 1 N–H and O–H groups in total. The molecule has 1 saturated heterocycles. The van der Waals surface area contributed by atoms with Gasteiger partial charge in [0.2, 0.25) is 0 Å². The third kappa shape index (κ3) is 5.45. The van der Waals surface area contributed by atoms with Crippen LogP contribution in [0.5, 0.6) is 0 Å². The Kier molecular flexibility index (Phi) is 7.39. The summed E-state index contributed by atoms with van der Waals surface area (Å²) in [7, 11) is 0. The zero-order valence-electron chi connectivity index (χ0n) is 20.7. The molecule has 7 nitrogen and oxygen atoms in total. The van der Waals surface area contributed by atoms with Crippen LogP contribution in [0.15, 0.2) is 58.4 Å². The molecule has 0 spiro atoms. The summed E-state index contributed by atoms with van der Waals surface area (Å²) in [6.45, 7) is 5.32. The largest absolute Gasteiger partial charge is 0.360 e. The minimum atomic E-state index is -0.205. The van der Waals surface area contributed by atoms with Crippen molar-refractivity contribution in [1.29, 1.82) is 0 Å². The van der Waals surface area contributed by atoms with Crippen molar-refractivity contribution < 1.29 is 14.1 Å². The molecule has 0 aliphatic carbocycles. The van der Waals surface area contributed by atoms with Crippen molar-refractivity contribution >= 4 is 34.8 Å². The van der Waals surface area contributed by atoms with E-state index >= 15 is 0 Å². The lowest BCUT2D eigenvalue weighted by atomic mass is 9.96. The van der Waals surface area contributed by atoms with Crippen molar-refractivity contribution in [2.45, 2.75) is 39.2 Å². The number of nitrogens with one attached hydrogen (secondary N) is 1. The van der Waals surface area contributed by atoms with E-state index in [9.17, 15) is 9.59 Å². The van der Waals surface area contributed by atoms with Crippen LogP contribution in [0.25, 0.3) is 11.3 Å². The van der Waals surface area contributed by atoms with Gasteiger partial charge >= 0.3 is 0 Å². The Morgan fingerprint density at radius 2 is 1.89 bits per heavy atom. The van der Waals surface area contributed by atoms with Gasteiger partial charge < -0.3 is 14.7 Å². The number of piperidine rings is 1. The SMILES string of the molecule is Cc1ccc(CNC(=O)c2csc(C3CCN(C(=O)c4c(-c5ccccc5)noc4C)CC3)n2)cc1Cl. The molecule has 2 aromatic carbocycles. The second-order valence-corrected chi connectivity index (χ2v) is 10.5. The first-order valence-corrected chi connectivity index (χ1v) is 13.5. The van der Waals surface area contributed by atoms with E-state index in [0.717, 1.165) is 34.5 Å². The van der Waals surface area contributed by atoms with Crippen LogP contribution in [0.4, 0.5) is 0 Å². The fourth-order valence-electron chi connectivity index (χ4n) is 4.50. The standard InChI is InChI=1S/C28H27ClN4O3S/c1-17-8-9-19(14-22(17)29)15-30-26(34)23-16-37-27(31-23)21-10-12-33(13-11-21)28(35)24-18(2)36-32-25(24)20-6-4-3-5-7-20/h3-9,14,16,21H,10-13,15H2,1-2H3,(H,30,34). The Labute approximate surface area is 224 Å². The molecule has 1 fully saturated rings. The molecule has 0 unspecified atom stereocenters. The Morgan fingerprint density at radius 3 is 2.62 bits per heavy atom. The summed E-state index contributed by atoms with van der Waals surface area (Å²) >= 11 is 7.68. The maximum atomic E-state index is 13.4. The van der Waals surface area contributed by atoms with Crippen molar-refractivity contribution in [1.82, 2.24) is 20.4 Å². The highest BCUT2D eigenvalue weighted by atomic mass is 35.5. The number of benzene rings is 2. The lowest BCUT2D eigenvalue weighted by molar-refractivity contribution is 0.0711. The van der Waals surface area contributed by atoms with E-state index in [2.05, 4.69) is 15.5 Å². The monoisotopic (exact) mass is 534 g/mol. The number of carbonyl (C=O) groups is 2. The first-order valence-electron chi connectivity index (χ1n) is 12.2. The number of aromatic nitrogens is 2. The van der Waals surface area contributed by atoms with E-state index in [1.165, 1.54) is 11.3 Å². The molecule has 9 heteroatoms. The molecule has 1 aliphatic heterocycles. The fourth-order valence-corrected chi connectivity index (χ4v) is 5.68. The number of hydrogen-bond donors (Lipinski definition) is 1. The molecular formula is C28H27ClN4O3S. The average molecular weight is 535 g/mol. The Balaban J connectivity index is 1.19. The van der Waals surface area contributed by atoms with Crippen LogP contribution in [-0.4, -0.2) is 39.9 Å². The first-order chi connectivity index (χ1) is 17.9. The van der Waals surface area contributed by atoms with Gasteiger partial charge in [0.25, 0.3) is 11.8 Å². The topological polar surface area (TPSA) is 88.3 Å². The third-order valence-electron chi connectivity index (χ3n) is 6.70. The van der Waals surface area contributed by atoms with Crippen molar-refractivity contribution in [3.63, 3.8) is 0 Å². The van der Waals surface area contributed by atoms with Crippen LogP contribution in [0, 0.1) is 13.8 Å². The zero-order valence-corrected chi connectivity index (χ0v) is 22.2. The summed E-state index contributed by atoms with van der Waals surface area (Å²) in [4.78, 5) is 32.5. The molecule has 1 aliphatic rings. The third-order valence-corrected chi connectivity index (χ3v) is 8.11. The molecule has 3 heterocycles. The van der Waals surface area contributed by atoms with Crippen LogP contribution in [0.1, 0.15) is 61.5 Å². The van der Waals surface area contributed by atoms with Gasteiger partial charge in [-0.1, -0.05) is 59.2 Å². The predicted octanol–water partition coefficient (Wildman–Crippen LogP) is 6.02. The lowest BCUT2D eigenvalue weighted by Crippen LogP contribution is -2.38. The fraction of sp³-hybridized carbons (Fsp3) is 0.286. The molecule has 0 radical (unpaired) electrons. The predicted molar refractivity (Wildman–Crippen MR) is 144 cm³/mol. The summed E-state index contributed by atoms with van der Waals surface area (Å²) in [5.41, 5.74) is 4.32. The number of likely N-dealkylation sites (tertiary alicyclic amines) is 1. The highest BCUT2D eigenvalue weighted by Gasteiger charge is 2.30. The van der Waals surface area contributed by atoms with Gasteiger partial charge in [0.15, 0.2) is 0 Å². The molecular weight excluding hydrogens is 508 g/mol. The number of nitrogens with zero attached hydrogens (tertiary/aromatic N) is 3. The van der Waals surface area contributed by atoms with E-state index in [1.54, 1.807) is 12.3 Å². The summed E-state index contributed by atoms with van der Waals surface area (Å²) < 4.78 is 5.39. The summed E-state index contributed by atoms with van der Waals surface area (Å²) in [6.07, 6.45) is 1.57. The Morgan fingerprint density at radius 1 is 1.14 bits per heavy atom. The van der Waals surface area contributed by atoms with Gasteiger partial charge in [-0.3, -0.25) is 9.59 Å². The minimum absolute atomic E-state index is 0.0635. The molecule has 0 atom stereocenters. The zero-order chi connectivity index (χ0) is 25.9. The Hall–Kier alpha value is -3.49. The van der Waals surface area contributed by atoms with Crippen molar-refractivity contribution in [3.05, 3.63) is 92.1 Å². The number of thiazole rings is 1. The molecule has 2 amide bonds. The van der Waals surface area contributed by atoms with Crippen LogP contribution in [0.3, 0.4) is 0 Å². The molecule has 0 bridgehead atoms. The highest BCUT2D eigenvalue weighted by molar-refractivity contribution is 7.09. The van der Waals surface area contributed by atoms with Gasteiger partial charge in [0.1, 0.15) is 22.7 Å². The van der Waals surface area contributed by atoms with Gasteiger partial charge in [-0.2, -0.15) is 0 Å². The molecule has 4 aromatic rings. The normalized spacial score (nSPS) is 14.1. The van der Waals surface area contributed by atoms with Crippen molar-refractivity contribution in [2.75, 3.05) is 13.1 Å². The lowest BCUT2D eigenvalue weighted by Gasteiger charge is -2.31. The molecule has 190 valence electrons. The second-order valence-electron chi connectivity index (χ2n) is 9.23. The summed E-state index contributed by atoms with van der Waals surface area (Å²) in [5.74, 6) is 0.466. The van der Waals surface area contributed by atoms with E-state index < -0.39 is 0 Å². The van der Waals surface area contributed by atoms with Crippen molar-refractivity contribution in [3.8, 4) is 11.3 Å². The average Bonchev–Trinajstić information content (AvgIpc) is 3.57. The van der Waals surface area contributed by atoms with Gasteiger partial charge in [-0.25, -0.2) is 4.98 Å². The number of aryl methyl sites for hydroxylation is 2. The smallest absolute Gasteiger partial charge is 0.271 e. The number of rotatable bonds is 6. The number of hydrogen-bond acceptors (Lipinski definition) is 6. The van der Waals surface area contributed by atoms with Gasteiger partial charge in [-0.05, 0) is 43.9 Å². The number of carbonyl (C=O) groups excluding carboxylic acids is 2. The van der Waals surface area contributed by atoms with Crippen molar-refractivity contribution in [2.24, 2.45) is 0 Å². The molecule has 37 heavy (non-hydrogen) atoms. The van der Waals surface area contributed by atoms with E-state index in [-0.39, 0.29) is 17.7 Å². The van der Waals surface area contributed by atoms with Gasteiger partial charge in [0.05, 0.1) is 5.01 Å². The number of halogens is 1. The van der Waals surface area contributed by atoms with E-state index in [4.69, 9.17) is 16.1 Å². The van der Waals surface area contributed by atoms with E-state index in [0.29, 0.717) is 47.4 Å². The summed E-state index contributed by atoms with van der Waals surface area (Å²) in [5, 5.41) is 10.5. The summed E-state index contributed by atoms with van der Waals surface area (Å²) in [6, 6.07) is 15.4. The number of amides is 2. The van der Waals surface area contributed by atoms with Gasteiger partial charge in [0, 0.05) is 41.5 Å².